The molecule has 0 bridgehead atoms. The van der Waals surface area contributed by atoms with E-state index in [1.54, 1.807) is 0 Å². The number of epoxide rings is 1. The van der Waals surface area contributed by atoms with E-state index in [2.05, 4.69) is 62.1 Å². The highest BCUT2D eigenvalue weighted by Crippen LogP contribution is 2.50. The lowest BCUT2D eigenvalue weighted by Gasteiger charge is -2.34. The third-order valence-corrected chi connectivity index (χ3v) is 15.6. The van der Waals surface area contributed by atoms with Crippen molar-refractivity contribution in [1.82, 2.24) is 15.4 Å². The smallest absolute Gasteiger partial charge is 0.106 e. The number of ether oxygens (including phenoxy) is 1. The summed E-state index contributed by atoms with van der Waals surface area (Å²) < 4.78 is 26.1. The molecule has 1 unspecified atom stereocenters. The molecular formula is C56H69ClN5O5S2-. The second-order valence-corrected chi connectivity index (χ2v) is 21.7. The van der Waals surface area contributed by atoms with Crippen LogP contribution in [0.5, 0.6) is 0 Å². The van der Waals surface area contributed by atoms with Crippen molar-refractivity contribution in [2.24, 2.45) is 5.73 Å². The fraction of sp³-hybridized carbons (Fsp3) is 0.357. The van der Waals surface area contributed by atoms with Crippen LogP contribution in [0, 0.1) is 4.78 Å². The second-order valence-electron chi connectivity index (χ2n) is 20.0. The van der Waals surface area contributed by atoms with Gasteiger partial charge in [-0.05, 0) is 111 Å². The molecular weight excluding hydrogens is 922 g/mol. The third kappa shape index (κ3) is 11.4. The molecule has 6 aromatic carbocycles. The summed E-state index contributed by atoms with van der Waals surface area (Å²) in [6.45, 7) is 17.1. The second kappa shape index (κ2) is 21.9. The predicted octanol–water partition coefficient (Wildman–Crippen LogP) is 12.4. The number of thiol groups is 1. The zero-order valence-electron chi connectivity index (χ0n) is 40.8. The molecule has 0 saturated carbocycles. The standard InChI is InChI=1S/C28H34N3O3S.C14H19NO2.C14H15NS.ClH/c1-27(2)22-16-15-21(17-23(22)28(3,4)31(27)33)24(32)18-30-25(19-11-7-5-8-12-19)26(35(29)34)20-13-9-6-10-14-20;1-13(2)10-6-5-9(12-8-17-12)7-11(10)14(3,4)15(13)16;15-13(11-7-3-1-4-8-11)14(16)12-9-5-2-6-10-12;/h5-17,24-26,29-30,32-33H,18H2,1-4H3;5-7,12,16H,8H2,1-4H3;1-10,13-14,16H,15H2;1H/q-1;;;/t24-,25-,26+;;13-,14+;/m0.0./s1. The number of rotatable bonds is 12. The molecule has 0 amide bonds. The van der Waals surface area contributed by atoms with Gasteiger partial charge in [0, 0.05) is 23.9 Å². The SMILES string of the molecule is CC1(C)c2ccc(C3CO3)cc2C(C)(C)N1O.CC1(C)c2ccc([C@@H](O)CN[C@@H](c3ccccc3)[C@@H](c3ccccc3)[S-](=N)=O)cc2C(C)(C)N1O.Cl.N[C@@H](c1ccccc1)[C@H](S)c1ccccc1. The highest BCUT2D eigenvalue weighted by Gasteiger charge is 2.50. The largest absolute Gasteiger partial charge is 0.444 e. The molecule has 6 aromatic rings. The quantitative estimate of drug-likeness (QED) is 0.0360. The summed E-state index contributed by atoms with van der Waals surface area (Å²) in [6.07, 6.45) is -0.555. The number of fused-ring (bicyclic) bond motifs is 2. The molecule has 1 saturated heterocycles. The van der Waals surface area contributed by atoms with E-state index >= 15 is 0 Å². The Hall–Kier alpha value is -4.41. The van der Waals surface area contributed by atoms with Gasteiger partial charge in [-0.25, -0.2) is 0 Å². The van der Waals surface area contributed by atoms with Crippen molar-refractivity contribution in [3.63, 3.8) is 0 Å². The molecule has 3 heterocycles. The number of hydrogen-bond acceptors (Lipinski definition) is 12. The Kier molecular flexibility index (Phi) is 17.1. The van der Waals surface area contributed by atoms with E-state index in [0.29, 0.717) is 0 Å². The van der Waals surface area contributed by atoms with Gasteiger partial charge in [0.05, 0.1) is 34.9 Å². The summed E-state index contributed by atoms with van der Waals surface area (Å²) in [5.41, 5.74) is 14.8. The van der Waals surface area contributed by atoms with Crippen molar-refractivity contribution in [1.29, 1.82) is 4.78 Å². The zero-order valence-corrected chi connectivity index (χ0v) is 43.3. The summed E-state index contributed by atoms with van der Waals surface area (Å²) in [5, 5.41) is 37.9. The Balaban J connectivity index is 0.000000191. The van der Waals surface area contributed by atoms with Crippen molar-refractivity contribution in [3.05, 3.63) is 213 Å². The molecule has 0 aliphatic carbocycles. The van der Waals surface area contributed by atoms with Gasteiger partial charge in [0.1, 0.15) is 6.10 Å². The zero-order chi connectivity index (χ0) is 49.2. The van der Waals surface area contributed by atoms with E-state index in [-0.39, 0.29) is 47.4 Å². The first-order valence-corrected chi connectivity index (χ1v) is 25.0. The van der Waals surface area contributed by atoms with Crippen LogP contribution in [0.15, 0.2) is 158 Å². The van der Waals surface area contributed by atoms with Crippen LogP contribution in [0.25, 0.3) is 0 Å². The lowest BCUT2D eigenvalue weighted by Crippen LogP contribution is -2.42. The lowest BCUT2D eigenvalue weighted by atomic mass is 9.88. The first-order chi connectivity index (χ1) is 32.2. The van der Waals surface area contributed by atoms with Gasteiger partial charge in [-0.2, -0.15) is 33.4 Å². The third-order valence-electron chi connectivity index (χ3n) is 13.9. The van der Waals surface area contributed by atoms with Crippen molar-refractivity contribution in [2.75, 3.05) is 13.2 Å². The number of hydrogen-bond donors (Lipinski definition) is 7. The maximum Gasteiger partial charge on any atom is 0.106 e. The van der Waals surface area contributed by atoms with Crippen LogP contribution in [-0.4, -0.2) is 38.8 Å². The topological polar surface area (TPSA) is 159 Å². The van der Waals surface area contributed by atoms with Crippen LogP contribution in [0.2, 0.25) is 0 Å². The van der Waals surface area contributed by atoms with E-state index in [9.17, 15) is 19.7 Å². The van der Waals surface area contributed by atoms with Crippen LogP contribution in [0.1, 0.15) is 146 Å². The summed E-state index contributed by atoms with van der Waals surface area (Å²) in [7, 11) is -1.89. The Bertz CT molecular complexity index is 2650. The van der Waals surface area contributed by atoms with Crippen LogP contribution in [0.4, 0.5) is 0 Å². The molecule has 13 heteroatoms. The lowest BCUT2D eigenvalue weighted by molar-refractivity contribution is -0.216. The van der Waals surface area contributed by atoms with Gasteiger partial charge in [0.25, 0.3) is 0 Å². The number of nitrogens with zero attached hydrogens (tertiary/aromatic N) is 2. The van der Waals surface area contributed by atoms with Gasteiger partial charge >= 0.3 is 0 Å². The molecule has 10 nitrogen and oxygen atoms in total. The molecule has 6 atom stereocenters. The number of nitrogens with two attached hydrogens (primary N) is 1. The molecule has 9 rings (SSSR count). The number of aliphatic hydroxyl groups is 1. The molecule has 3 aliphatic heterocycles. The highest BCUT2D eigenvalue weighted by molar-refractivity contribution is 7.80. The first kappa shape index (κ1) is 53.9. The van der Waals surface area contributed by atoms with Gasteiger partial charge in [-0.1, -0.05) is 163 Å². The number of hydroxylamine groups is 4. The monoisotopic (exact) mass is 990 g/mol. The molecule has 3 aliphatic rings. The molecule has 7 N–H and O–H groups in total. The Labute approximate surface area is 422 Å². The van der Waals surface area contributed by atoms with E-state index in [1.165, 1.54) is 26.8 Å². The van der Waals surface area contributed by atoms with E-state index < -0.39 is 39.1 Å². The Morgan fingerprint density at radius 2 is 1.04 bits per heavy atom. The summed E-state index contributed by atoms with van der Waals surface area (Å²) >= 11 is 4.60. The van der Waals surface area contributed by atoms with Gasteiger partial charge in [0.15, 0.2) is 0 Å². The fourth-order valence-corrected chi connectivity index (χ4v) is 11.2. The predicted molar refractivity (Wildman–Crippen MR) is 282 cm³/mol. The van der Waals surface area contributed by atoms with E-state index in [1.807, 2.05) is 169 Å². The Morgan fingerprint density at radius 3 is 1.51 bits per heavy atom. The molecule has 368 valence electrons. The van der Waals surface area contributed by atoms with Gasteiger partial charge in [-0.3, -0.25) is 0 Å². The molecule has 0 radical (unpaired) electrons. The maximum atomic E-state index is 12.6. The average molecular weight is 992 g/mol. The summed E-state index contributed by atoms with van der Waals surface area (Å²) in [5.74, 6) is 0. The number of aliphatic hydroxyl groups excluding tert-OH is 1. The van der Waals surface area contributed by atoms with Crippen molar-refractivity contribution >= 4 is 35.6 Å². The normalized spacial score (nSPS) is 20.3. The average Bonchev–Trinajstić information content (AvgIpc) is 4.18. The van der Waals surface area contributed by atoms with Crippen LogP contribution < -0.4 is 11.1 Å². The number of nitrogens with one attached hydrogen (secondary N) is 2. The van der Waals surface area contributed by atoms with Crippen LogP contribution in [0.3, 0.4) is 0 Å². The first-order valence-electron chi connectivity index (χ1n) is 23.3. The minimum Gasteiger partial charge on any atom is -0.444 e. The van der Waals surface area contributed by atoms with Gasteiger partial charge < -0.3 is 40.3 Å². The number of halogens is 1. The van der Waals surface area contributed by atoms with Crippen molar-refractivity contribution in [2.45, 2.75) is 112 Å². The van der Waals surface area contributed by atoms with Gasteiger partial charge in [-0.15, -0.1) is 12.4 Å². The summed E-state index contributed by atoms with van der Waals surface area (Å²) in [6, 6.07) is 51.0. The molecule has 0 aromatic heterocycles. The van der Waals surface area contributed by atoms with Crippen molar-refractivity contribution in [3.8, 4) is 0 Å². The Morgan fingerprint density at radius 1 is 0.638 bits per heavy atom. The number of benzene rings is 6. The highest BCUT2D eigenvalue weighted by atomic mass is 35.5. The minimum absolute atomic E-state index is 0. The molecule has 1 fully saturated rings. The molecule has 69 heavy (non-hydrogen) atoms. The maximum absolute atomic E-state index is 12.6. The van der Waals surface area contributed by atoms with Crippen molar-refractivity contribution < 1.29 is 24.5 Å². The van der Waals surface area contributed by atoms with Gasteiger partial charge in [0.2, 0.25) is 0 Å². The van der Waals surface area contributed by atoms with E-state index in [4.69, 9.17) is 15.3 Å². The minimum atomic E-state index is -1.89. The fourth-order valence-electron chi connectivity index (χ4n) is 9.92. The van der Waals surface area contributed by atoms with Crippen LogP contribution in [-0.2, 0) is 41.7 Å². The van der Waals surface area contributed by atoms with E-state index in [0.717, 1.165) is 45.6 Å². The van der Waals surface area contributed by atoms with Crippen LogP contribution >= 0.6 is 25.0 Å². The molecule has 0 spiro atoms. The summed E-state index contributed by atoms with van der Waals surface area (Å²) in [4.78, 5) is 0.